The number of nitrogens with one attached hydrogen (secondary N) is 1. The zero-order valence-corrected chi connectivity index (χ0v) is 26.0. The lowest BCUT2D eigenvalue weighted by molar-refractivity contribution is -0.126. The molecule has 0 aliphatic carbocycles. The maximum absolute atomic E-state index is 13.8. The maximum Gasteiger partial charge on any atom is 0.414 e. The van der Waals surface area contributed by atoms with Crippen molar-refractivity contribution in [1.29, 1.82) is 0 Å². The highest BCUT2D eigenvalue weighted by Gasteiger charge is 2.47. The van der Waals surface area contributed by atoms with Gasteiger partial charge in [-0.1, -0.05) is 16.8 Å². The Morgan fingerprint density at radius 3 is 2.62 bits per heavy atom. The van der Waals surface area contributed by atoms with Crippen molar-refractivity contribution in [3.05, 3.63) is 40.0 Å². The van der Waals surface area contributed by atoms with Gasteiger partial charge in [-0.25, -0.2) is 9.48 Å². The third-order valence-electron chi connectivity index (χ3n) is 8.01. The van der Waals surface area contributed by atoms with Crippen molar-refractivity contribution in [1.82, 2.24) is 30.1 Å². The van der Waals surface area contributed by atoms with E-state index in [9.17, 15) is 9.59 Å². The van der Waals surface area contributed by atoms with E-state index in [0.717, 1.165) is 30.8 Å². The Morgan fingerprint density at radius 2 is 1.98 bits per heavy atom. The van der Waals surface area contributed by atoms with E-state index in [1.807, 2.05) is 13.0 Å². The van der Waals surface area contributed by atoms with Crippen LogP contribution in [0.4, 0.5) is 4.79 Å². The second-order valence-corrected chi connectivity index (χ2v) is 12.7. The van der Waals surface area contributed by atoms with Gasteiger partial charge in [0.05, 0.1) is 15.8 Å². The summed E-state index contributed by atoms with van der Waals surface area (Å²) in [6.07, 6.45) is 1.78. The quantitative estimate of drug-likeness (QED) is 0.358. The number of carbonyl (C=O) groups excluding carboxylic acids is 2. The lowest BCUT2D eigenvalue weighted by Gasteiger charge is -2.36. The molecule has 12 nitrogen and oxygen atoms in total. The molecule has 2 aliphatic rings. The fraction of sp³-hybridized carbons (Fsp3) is 0.571. The number of halogens is 1. The number of ether oxygens (including phenoxy) is 3. The van der Waals surface area contributed by atoms with Crippen LogP contribution in [0.1, 0.15) is 62.6 Å². The van der Waals surface area contributed by atoms with Crippen LogP contribution < -0.4 is 10.1 Å². The predicted molar refractivity (Wildman–Crippen MR) is 157 cm³/mol. The Hall–Kier alpha value is -2.97. The number of carbonyl (C=O) groups is 2. The average Bonchev–Trinajstić information content (AvgIpc) is 3.76. The Kier molecular flexibility index (Phi) is 9.23. The van der Waals surface area contributed by atoms with Crippen LogP contribution in [0, 0.1) is 0 Å². The molecule has 2 saturated heterocycles. The first-order valence-electron chi connectivity index (χ1n) is 14.0. The van der Waals surface area contributed by atoms with Gasteiger partial charge in [0.2, 0.25) is 5.88 Å². The first kappa shape index (κ1) is 30.5. The summed E-state index contributed by atoms with van der Waals surface area (Å²) in [5.74, 6) is 0.253. The first-order valence-corrected chi connectivity index (χ1v) is 15.2. The van der Waals surface area contributed by atoms with Crippen LogP contribution in [-0.4, -0.2) is 88.1 Å². The minimum atomic E-state index is -0.867. The molecule has 0 radical (unpaired) electrons. The van der Waals surface area contributed by atoms with Crippen molar-refractivity contribution < 1.29 is 28.3 Å². The summed E-state index contributed by atoms with van der Waals surface area (Å²) in [6, 6.07) is 7.32. The Bertz CT molecular complexity index is 1400. The Balaban J connectivity index is 1.37. The minimum absolute atomic E-state index is 0.00448. The summed E-state index contributed by atoms with van der Waals surface area (Å²) in [4.78, 5) is 31.5. The number of likely N-dealkylation sites (tertiary alicyclic amines) is 2. The summed E-state index contributed by atoms with van der Waals surface area (Å²) in [6.45, 7) is 8.07. The summed E-state index contributed by atoms with van der Waals surface area (Å²) in [5.41, 5.74) is -0.252. The molecule has 5 heterocycles. The number of thiophene rings is 1. The zero-order valence-electron chi connectivity index (χ0n) is 24.5. The fourth-order valence-electron chi connectivity index (χ4n) is 5.49. The molecule has 42 heavy (non-hydrogen) atoms. The smallest absolute Gasteiger partial charge is 0.391 e. The highest BCUT2D eigenvalue weighted by Crippen LogP contribution is 2.36. The number of hydrogen-bond donors (Lipinski definition) is 1. The van der Waals surface area contributed by atoms with Crippen molar-refractivity contribution in [3.8, 4) is 16.5 Å². The van der Waals surface area contributed by atoms with E-state index in [4.69, 9.17) is 30.3 Å². The van der Waals surface area contributed by atoms with Crippen LogP contribution in [0.15, 0.2) is 28.8 Å². The van der Waals surface area contributed by atoms with E-state index in [0.29, 0.717) is 34.7 Å². The molecule has 2 atom stereocenters. The summed E-state index contributed by atoms with van der Waals surface area (Å²) < 4.78 is 24.6. The molecule has 0 aromatic carbocycles. The number of nitrogens with zero attached hydrogens (tertiary/aromatic N) is 5. The lowest BCUT2D eigenvalue weighted by Crippen LogP contribution is -2.50. The van der Waals surface area contributed by atoms with Crippen LogP contribution in [0.2, 0.25) is 4.34 Å². The SMILES string of the molecule is CO[C@@H]1CC[C@@](C)(OC)N1C(=O)c1cc(OC(=O)NC2CCN(C(C)C)CC2)n(Cc2cc(-c3ccc(Cl)s3)on2)n1. The number of aromatic nitrogens is 3. The average molecular weight is 621 g/mol. The first-order chi connectivity index (χ1) is 20.1. The number of piperidine rings is 1. The Morgan fingerprint density at radius 1 is 1.21 bits per heavy atom. The van der Waals surface area contributed by atoms with E-state index in [1.165, 1.54) is 22.1 Å². The molecule has 3 aromatic heterocycles. The standard InChI is InChI=1S/C28H37ClN6O6S/c1-17(2)33-12-9-18(10-13-33)30-27(37)40-25-15-20(26(36)35-24(38-4)8-11-28(35,3)39-5)31-34(25)16-19-14-21(41-32-19)22-6-7-23(29)42-22/h6-7,14-15,17-18,24H,8-13,16H2,1-5H3,(H,30,37)/t24-,28-/m1/s1. The number of hydrogen-bond acceptors (Lipinski definition) is 10. The van der Waals surface area contributed by atoms with Crippen LogP contribution in [0.25, 0.3) is 10.6 Å². The van der Waals surface area contributed by atoms with E-state index in [-0.39, 0.29) is 24.2 Å². The highest BCUT2D eigenvalue weighted by molar-refractivity contribution is 7.19. The van der Waals surface area contributed by atoms with Crippen molar-refractivity contribution in [2.75, 3.05) is 27.3 Å². The summed E-state index contributed by atoms with van der Waals surface area (Å²) in [7, 11) is 3.11. The van der Waals surface area contributed by atoms with Gasteiger partial charge in [-0.2, -0.15) is 5.10 Å². The zero-order chi connectivity index (χ0) is 30.0. The molecule has 5 rings (SSSR count). The van der Waals surface area contributed by atoms with Crippen LogP contribution in [0.3, 0.4) is 0 Å². The molecule has 2 fully saturated rings. The molecular weight excluding hydrogens is 584 g/mol. The molecule has 1 N–H and O–H groups in total. The molecular formula is C28H37ClN6O6S. The van der Waals surface area contributed by atoms with Crippen molar-refractivity contribution >= 4 is 34.9 Å². The molecule has 2 amide bonds. The molecule has 2 aliphatic heterocycles. The van der Waals surface area contributed by atoms with E-state index in [2.05, 4.69) is 34.3 Å². The minimum Gasteiger partial charge on any atom is -0.391 e. The van der Waals surface area contributed by atoms with Gasteiger partial charge < -0.3 is 29.0 Å². The van der Waals surface area contributed by atoms with Crippen molar-refractivity contribution in [2.24, 2.45) is 0 Å². The van der Waals surface area contributed by atoms with Gasteiger partial charge >= 0.3 is 6.09 Å². The largest absolute Gasteiger partial charge is 0.414 e. The van der Waals surface area contributed by atoms with Gasteiger partial charge in [-0.15, -0.1) is 11.3 Å². The van der Waals surface area contributed by atoms with E-state index >= 15 is 0 Å². The summed E-state index contributed by atoms with van der Waals surface area (Å²) >= 11 is 7.45. The highest BCUT2D eigenvalue weighted by atomic mass is 35.5. The Labute approximate surface area is 253 Å². The van der Waals surface area contributed by atoms with Gasteiger partial charge in [0.1, 0.15) is 17.6 Å². The van der Waals surface area contributed by atoms with Gasteiger partial charge in [0, 0.05) is 51.5 Å². The normalized spacial score (nSPS) is 21.8. The van der Waals surface area contributed by atoms with Crippen molar-refractivity contribution in [2.45, 2.75) is 77.0 Å². The maximum atomic E-state index is 13.8. The molecule has 0 bridgehead atoms. The van der Waals surface area contributed by atoms with Crippen LogP contribution in [0.5, 0.6) is 5.88 Å². The second-order valence-electron chi connectivity index (χ2n) is 11.0. The van der Waals surface area contributed by atoms with Crippen molar-refractivity contribution in [3.63, 3.8) is 0 Å². The lowest BCUT2D eigenvalue weighted by atomic mass is 10.0. The predicted octanol–water partition coefficient (Wildman–Crippen LogP) is 4.83. The topological polar surface area (TPSA) is 124 Å². The van der Waals surface area contributed by atoms with Gasteiger partial charge in [0.15, 0.2) is 11.5 Å². The second kappa shape index (κ2) is 12.7. The van der Waals surface area contributed by atoms with E-state index < -0.39 is 24.0 Å². The number of methoxy groups -OCH3 is 2. The molecule has 14 heteroatoms. The monoisotopic (exact) mass is 620 g/mol. The van der Waals surface area contributed by atoms with E-state index in [1.54, 1.807) is 31.3 Å². The third-order valence-corrected chi connectivity index (χ3v) is 9.26. The molecule has 0 saturated carbocycles. The van der Waals surface area contributed by atoms with Gasteiger partial charge in [-0.3, -0.25) is 9.69 Å². The fourth-order valence-corrected chi connectivity index (χ4v) is 6.48. The number of rotatable bonds is 9. The van der Waals surface area contributed by atoms with Crippen LogP contribution in [-0.2, 0) is 16.0 Å². The third kappa shape index (κ3) is 6.50. The molecule has 0 spiro atoms. The number of amides is 2. The van der Waals surface area contributed by atoms with Gasteiger partial charge in [-0.05, 0) is 58.6 Å². The molecule has 228 valence electrons. The molecule has 3 aromatic rings. The van der Waals surface area contributed by atoms with Gasteiger partial charge in [0.25, 0.3) is 5.91 Å². The molecule has 0 unspecified atom stereocenters. The van der Waals surface area contributed by atoms with Crippen LogP contribution >= 0.6 is 22.9 Å². The summed E-state index contributed by atoms with van der Waals surface area (Å²) in [5, 5.41) is 11.7.